The Balaban J connectivity index is 1.79. The zero-order chi connectivity index (χ0) is 22.4. The predicted molar refractivity (Wildman–Crippen MR) is 113 cm³/mol. The Bertz CT molecular complexity index is 1130. The minimum Gasteiger partial charge on any atom is -0.303 e. The van der Waals surface area contributed by atoms with Crippen LogP contribution in [0.25, 0.3) is 0 Å². The van der Waals surface area contributed by atoms with Gasteiger partial charge in [0, 0.05) is 18.9 Å². The number of nitriles is 1. The summed E-state index contributed by atoms with van der Waals surface area (Å²) < 4.78 is 40.3. The summed E-state index contributed by atoms with van der Waals surface area (Å²) in [6.45, 7) is 0. The fourth-order valence-corrected chi connectivity index (χ4v) is 4.42. The molecule has 2 fully saturated rings. The van der Waals surface area contributed by atoms with Crippen LogP contribution in [0.1, 0.15) is 36.1 Å². The van der Waals surface area contributed by atoms with Crippen molar-refractivity contribution in [2.45, 2.75) is 31.0 Å². The molecule has 1 aliphatic carbocycles. The molecule has 1 aromatic carbocycles. The second-order valence-electron chi connectivity index (χ2n) is 7.32. The van der Waals surface area contributed by atoms with Crippen molar-refractivity contribution in [3.05, 3.63) is 53.3 Å². The summed E-state index contributed by atoms with van der Waals surface area (Å²) in [4.78, 5) is 23.8. The highest BCUT2D eigenvalue weighted by atomic mass is 32.1. The second kappa shape index (κ2) is 7.42. The summed E-state index contributed by atoms with van der Waals surface area (Å²) in [7, 11) is 1.66. The van der Waals surface area contributed by atoms with Crippen LogP contribution in [0.3, 0.4) is 0 Å². The van der Waals surface area contributed by atoms with Gasteiger partial charge in [-0.25, -0.2) is 4.98 Å². The number of nitrogens with zero attached hydrogens (tertiary/aromatic N) is 5. The minimum absolute atomic E-state index is 0.0845. The molecular weight excluding hydrogens is 427 g/mol. The van der Waals surface area contributed by atoms with Crippen molar-refractivity contribution in [1.82, 2.24) is 4.98 Å². The highest BCUT2D eigenvalue weighted by Crippen LogP contribution is 2.48. The standard InChI is InChI=1S/C21H16F3N5OS/c1-26-11-13-3-5-14(6-4-13)29-19(31)28(18(30)20(29)7-2-8-20)15-9-16(21(22,23)24)17(10-25)27-12-15/h3-6,9,11-12H,2,7-8H2,1H3. The van der Waals surface area contributed by atoms with E-state index in [9.17, 15) is 18.0 Å². The molecule has 0 bridgehead atoms. The molecule has 0 unspecified atom stereocenters. The molecule has 0 N–H and O–H groups in total. The number of benzene rings is 1. The van der Waals surface area contributed by atoms with Gasteiger partial charge in [0.05, 0.1) is 17.4 Å². The number of hydrogen-bond donors (Lipinski definition) is 0. The fourth-order valence-electron chi connectivity index (χ4n) is 3.95. The lowest BCUT2D eigenvalue weighted by atomic mass is 9.75. The van der Waals surface area contributed by atoms with Gasteiger partial charge < -0.3 is 4.90 Å². The first-order valence-corrected chi connectivity index (χ1v) is 9.82. The van der Waals surface area contributed by atoms with Gasteiger partial charge in [0.15, 0.2) is 10.8 Å². The van der Waals surface area contributed by atoms with Gasteiger partial charge in [-0.1, -0.05) is 12.1 Å². The number of aromatic nitrogens is 1. The van der Waals surface area contributed by atoms with E-state index in [0.29, 0.717) is 18.5 Å². The van der Waals surface area contributed by atoms with E-state index in [2.05, 4.69) is 9.98 Å². The van der Waals surface area contributed by atoms with Crippen LogP contribution in [0, 0.1) is 11.3 Å². The third kappa shape index (κ3) is 3.25. The zero-order valence-corrected chi connectivity index (χ0v) is 17.2. The summed E-state index contributed by atoms with van der Waals surface area (Å²) in [6, 6.07) is 9.46. The Labute approximate surface area is 181 Å². The molecule has 2 aromatic rings. The van der Waals surface area contributed by atoms with Gasteiger partial charge in [0.1, 0.15) is 11.6 Å². The second-order valence-corrected chi connectivity index (χ2v) is 7.69. The Morgan fingerprint density at radius 2 is 1.94 bits per heavy atom. The van der Waals surface area contributed by atoms with E-state index in [1.165, 1.54) is 6.07 Å². The first-order valence-electron chi connectivity index (χ1n) is 9.41. The number of thiocarbonyl (C=S) groups is 1. The van der Waals surface area contributed by atoms with Crippen LogP contribution >= 0.6 is 12.2 Å². The van der Waals surface area contributed by atoms with E-state index in [0.717, 1.165) is 29.1 Å². The monoisotopic (exact) mass is 443 g/mol. The highest BCUT2D eigenvalue weighted by molar-refractivity contribution is 7.81. The first kappa shape index (κ1) is 20.9. The third-order valence-electron chi connectivity index (χ3n) is 5.56. The molecule has 6 nitrogen and oxygen atoms in total. The number of pyridine rings is 1. The topological polar surface area (TPSA) is 72.6 Å². The van der Waals surface area contributed by atoms with Crippen LogP contribution in [0.5, 0.6) is 0 Å². The molecule has 10 heteroatoms. The molecule has 1 aromatic heterocycles. The first-order chi connectivity index (χ1) is 14.7. The molecule has 1 saturated carbocycles. The molecule has 1 saturated heterocycles. The van der Waals surface area contributed by atoms with E-state index in [-0.39, 0.29) is 16.7 Å². The van der Waals surface area contributed by atoms with Gasteiger partial charge in [0.2, 0.25) is 0 Å². The van der Waals surface area contributed by atoms with Crippen LogP contribution in [0.2, 0.25) is 0 Å². The highest BCUT2D eigenvalue weighted by Gasteiger charge is 2.59. The summed E-state index contributed by atoms with van der Waals surface area (Å²) in [5.41, 5.74) is -1.45. The number of carbonyl (C=O) groups is 1. The Morgan fingerprint density at radius 1 is 1.26 bits per heavy atom. The van der Waals surface area contributed by atoms with Gasteiger partial charge in [-0.3, -0.25) is 14.7 Å². The third-order valence-corrected chi connectivity index (χ3v) is 5.93. The van der Waals surface area contributed by atoms with Gasteiger partial charge >= 0.3 is 6.18 Å². The molecule has 158 valence electrons. The molecule has 1 amide bonds. The van der Waals surface area contributed by atoms with Crippen LogP contribution in [0.4, 0.5) is 24.5 Å². The molecule has 31 heavy (non-hydrogen) atoms. The Hall–Kier alpha value is -3.32. The van der Waals surface area contributed by atoms with E-state index >= 15 is 0 Å². The van der Waals surface area contributed by atoms with E-state index in [1.54, 1.807) is 30.3 Å². The van der Waals surface area contributed by atoms with Gasteiger partial charge in [-0.15, -0.1) is 0 Å². The smallest absolute Gasteiger partial charge is 0.303 e. The number of aliphatic imine (C=N–C) groups is 1. The summed E-state index contributed by atoms with van der Waals surface area (Å²) in [5, 5.41) is 9.07. The maximum atomic E-state index is 13.4. The van der Waals surface area contributed by atoms with Crippen molar-refractivity contribution in [2.24, 2.45) is 4.99 Å². The number of halogens is 3. The summed E-state index contributed by atoms with van der Waals surface area (Å²) in [5.74, 6) is -0.387. The normalized spacial score (nSPS) is 18.0. The average Bonchev–Trinajstić information content (AvgIpc) is 2.94. The molecule has 2 aliphatic rings. The molecular formula is C21H16F3N5OS. The van der Waals surface area contributed by atoms with Gasteiger partial charge in [-0.2, -0.15) is 18.4 Å². The van der Waals surface area contributed by atoms with Crippen molar-refractivity contribution in [2.75, 3.05) is 16.8 Å². The van der Waals surface area contributed by atoms with Crippen LogP contribution in [-0.2, 0) is 11.0 Å². The molecule has 1 spiro atoms. The van der Waals surface area contributed by atoms with Crippen molar-refractivity contribution < 1.29 is 18.0 Å². The van der Waals surface area contributed by atoms with Crippen molar-refractivity contribution >= 4 is 40.8 Å². The maximum absolute atomic E-state index is 13.4. The number of rotatable bonds is 3. The number of hydrogen-bond acceptors (Lipinski definition) is 5. The summed E-state index contributed by atoms with van der Waals surface area (Å²) in [6.07, 6.45) is -0.146. The quantitative estimate of drug-likeness (QED) is 0.528. The van der Waals surface area contributed by atoms with Crippen molar-refractivity contribution in [3.63, 3.8) is 0 Å². The lowest BCUT2D eigenvalue weighted by Gasteiger charge is -2.43. The average molecular weight is 443 g/mol. The number of alkyl halides is 3. The van der Waals surface area contributed by atoms with Crippen molar-refractivity contribution in [1.29, 1.82) is 5.26 Å². The number of carbonyl (C=O) groups excluding carboxylic acids is 1. The van der Waals surface area contributed by atoms with Gasteiger partial charge in [-0.05, 0) is 55.2 Å². The maximum Gasteiger partial charge on any atom is 0.419 e. The zero-order valence-electron chi connectivity index (χ0n) is 16.3. The van der Waals surface area contributed by atoms with E-state index in [4.69, 9.17) is 17.5 Å². The summed E-state index contributed by atoms with van der Waals surface area (Å²) >= 11 is 5.56. The Morgan fingerprint density at radius 3 is 2.45 bits per heavy atom. The van der Waals surface area contributed by atoms with Crippen molar-refractivity contribution in [3.8, 4) is 6.07 Å². The number of amides is 1. The number of anilines is 2. The predicted octanol–water partition coefficient (Wildman–Crippen LogP) is 4.08. The van der Waals surface area contributed by atoms with Crippen LogP contribution in [-0.4, -0.2) is 34.8 Å². The lowest BCUT2D eigenvalue weighted by Crippen LogP contribution is -2.55. The molecule has 2 heterocycles. The van der Waals surface area contributed by atoms with Crippen LogP contribution < -0.4 is 9.80 Å². The molecule has 0 radical (unpaired) electrons. The SMILES string of the molecule is CN=Cc1ccc(N2C(=S)N(c3cnc(C#N)c(C(F)(F)F)c3)C(=O)C23CCC3)cc1. The largest absolute Gasteiger partial charge is 0.419 e. The minimum atomic E-state index is -4.79. The van der Waals surface area contributed by atoms with E-state index < -0.39 is 23.0 Å². The molecule has 4 rings (SSSR count). The van der Waals surface area contributed by atoms with Gasteiger partial charge in [0.25, 0.3) is 5.91 Å². The lowest BCUT2D eigenvalue weighted by molar-refractivity contribution is -0.138. The molecule has 0 atom stereocenters. The van der Waals surface area contributed by atoms with E-state index in [1.807, 2.05) is 12.1 Å². The van der Waals surface area contributed by atoms with Crippen LogP contribution in [0.15, 0.2) is 41.5 Å². The fraction of sp³-hybridized carbons (Fsp3) is 0.286. The molecule has 1 aliphatic heterocycles. The Kier molecular flexibility index (Phi) is 5.01.